The van der Waals surface area contributed by atoms with Crippen LogP contribution in [0.25, 0.3) is 11.3 Å². The zero-order valence-corrected chi connectivity index (χ0v) is 12.6. The lowest BCUT2D eigenvalue weighted by Gasteiger charge is -2.03. The number of methoxy groups -OCH3 is 1. The van der Waals surface area contributed by atoms with E-state index in [4.69, 9.17) is 4.74 Å². The molecule has 3 aromatic rings. The van der Waals surface area contributed by atoms with Gasteiger partial charge in [0.1, 0.15) is 0 Å². The van der Waals surface area contributed by atoms with E-state index in [9.17, 15) is 0 Å². The highest BCUT2D eigenvalue weighted by Gasteiger charge is 2.06. The highest BCUT2D eigenvalue weighted by molar-refractivity contribution is 7.14. The summed E-state index contributed by atoms with van der Waals surface area (Å²) < 4.78 is 5.14. The Bertz CT molecular complexity index is 755. The van der Waals surface area contributed by atoms with Crippen molar-refractivity contribution < 1.29 is 4.74 Å². The number of aromatic nitrogens is 2. The first-order valence-corrected chi connectivity index (χ1v) is 7.42. The summed E-state index contributed by atoms with van der Waals surface area (Å²) in [6, 6.07) is 12.0. The first-order chi connectivity index (χ1) is 10.2. The summed E-state index contributed by atoms with van der Waals surface area (Å²) in [5, 5.41) is 6.21. The van der Waals surface area contributed by atoms with Gasteiger partial charge in [0.25, 0.3) is 0 Å². The van der Waals surface area contributed by atoms with E-state index in [-0.39, 0.29) is 0 Å². The maximum absolute atomic E-state index is 5.14. The van der Waals surface area contributed by atoms with E-state index in [1.54, 1.807) is 24.6 Å². The molecular formula is C16H15N3OS. The number of benzene rings is 1. The molecule has 21 heavy (non-hydrogen) atoms. The molecule has 0 radical (unpaired) electrons. The third kappa shape index (κ3) is 3.20. The van der Waals surface area contributed by atoms with Crippen LogP contribution in [0, 0.1) is 6.92 Å². The number of pyridine rings is 1. The molecule has 0 amide bonds. The predicted octanol–water partition coefficient (Wildman–Crippen LogP) is 4.27. The molecule has 0 aliphatic rings. The second kappa shape index (κ2) is 5.93. The van der Waals surface area contributed by atoms with Gasteiger partial charge in [-0.05, 0) is 30.7 Å². The van der Waals surface area contributed by atoms with E-state index in [2.05, 4.69) is 34.3 Å². The Kier molecular flexibility index (Phi) is 3.83. The molecule has 1 N–H and O–H groups in total. The predicted molar refractivity (Wildman–Crippen MR) is 86.4 cm³/mol. The standard InChI is InChI=1S/C16H15N3OS/c1-11-4-3-5-13(8-11)18-16-19-14(10-21-16)12-6-7-17-15(9-12)20-2/h3-10H,1-2H3,(H,18,19). The fourth-order valence-electron chi connectivity index (χ4n) is 1.99. The van der Waals surface area contributed by atoms with Crippen molar-refractivity contribution in [2.24, 2.45) is 0 Å². The van der Waals surface area contributed by atoms with Gasteiger partial charge < -0.3 is 10.1 Å². The molecule has 2 heterocycles. The molecule has 4 nitrogen and oxygen atoms in total. The Balaban J connectivity index is 1.82. The van der Waals surface area contributed by atoms with Crippen molar-refractivity contribution >= 4 is 22.2 Å². The van der Waals surface area contributed by atoms with Crippen molar-refractivity contribution in [1.29, 1.82) is 0 Å². The molecule has 0 saturated heterocycles. The Morgan fingerprint density at radius 2 is 2.10 bits per heavy atom. The van der Waals surface area contributed by atoms with E-state index in [1.807, 2.05) is 29.6 Å². The molecule has 0 bridgehead atoms. The van der Waals surface area contributed by atoms with Gasteiger partial charge in [0.2, 0.25) is 5.88 Å². The minimum Gasteiger partial charge on any atom is -0.481 e. The van der Waals surface area contributed by atoms with Crippen LogP contribution in [0.3, 0.4) is 0 Å². The topological polar surface area (TPSA) is 47.0 Å². The Labute approximate surface area is 127 Å². The van der Waals surface area contributed by atoms with Crippen molar-refractivity contribution in [3.63, 3.8) is 0 Å². The van der Waals surface area contributed by atoms with Crippen molar-refractivity contribution in [3.05, 3.63) is 53.5 Å². The average molecular weight is 297 g/mol. The van der Waals surface area contributed by atoms with Crippen LogP contribution in [-0.2, 0) is 0 Å². The van der Waals surface area contributed by atoms with Crippen molar-refractivity contribution in [1.82, 2.24) is 9.97 Å². The van der Waals surface area contributed by atoms with Crippen LogP contribution in [0.1, 0.15) is 5.56 Å². The number of aryl methyl sites for hydroxylation is 1. The van der Waals surface area contributed by atoms with Gasteiger partial charge in [-0.15, -0.1) is 11.3 Å². The lowest BCUT2D eigenvalue weighted by Crippen LogP contribution is -1.90. The second-order valence-electron chi connectivity index (χ2n) is 4.62. The zero-order chi connectivity index (χ0) is 14.7. The van der Waals surface area contributed by atoms with E-state index in [1.165, 1.54) is 5.56 Å². The molecule has 0 saturated carbocycles. The van der Waals surface area contributed by atoms with Gasteiger partial charge in [-0.3, -0.25) is 0 Å². The van der Waals surface area contributed by atoms with Crippen molar-refractivity contribution in [2.75, 3.05) is 12.4 Å². The molecule has 0 spiro atoms. The molecule has 0 aliphatic carbocycles. The van der Waals surface area contributed by atoms with Crippen LogP contribution in [0.2, 0.25) is 0 Å². The Morgan fingerprint density at radius 1 is 1.19 bits per heavy atom. The van der Waals surface area contributed by atoms with Gasteiger partial charge in [-0.2, -0.15) is 0 Å². The maximum atomic E-state index is 5.14. The van der Waals surface area contributed by atoms with Crippen molar-refractivity contribution in [2.45, 2.75) is 6.92 Å². The second-order valence-corrected chi connectivity index (χ2v) is 5.48. The van der Waals surface area contributed by atoms with Gasteiger partial charge in [0.15, 0.2) is 5.13 Å². The average Bonchev–Trinajstić information content (AvgIpc) is 2.96. The summed E-state index contributed by atoms with van der Waals surface area (Å²) in [6.45, 7) is 2.07. The molecular weight excluding hydrogens is 282 g/mol. The summed E-state index contributed by atoms with van der Waals surface area (Å²) in [5.41, 5.74) is 4.17. The third-order valence-corrected chi connectivity index (χ3v) is 3.77. The van der Waals surface area contributed by atoms with E-state index in [0.717, 1.165) is 22.1 Å². The van der Waals surface area contributed by atoms with Crippen LogP contribution in [0.5, 0.6) is 5.88 Å². The number of anilines is 2. The highest BCUT2D eigenvalue weighted by atomic mass is 32.1. The molecule has 1 aromatic carbocycles. The molecule has 106 valence electrons. The fourth-order valence-corrected chi connectivity index (χ4v) is 2.73. The van der Waals surface area contributed by atoms with Gasteiger partial charge in [0, 0.05) is 28.9 Å². The lowest BCUT2D eigenvalue weighted by atomic mass is 10.2. The molecule has 0 aliphatic heterocycles. The van der Waals surface area contributed by atoms with Crippen LogP contribution < -0.4 is 10.1 Å². The maximum Gasteiger partial charge on any atom is 0.213 e. The number of rotatable bonds is 4. The van der Waals surface area contributed by atoms with Gasteiger partial charge >= 0.3 is 0 Å². The normalized spacial score (nSPS) is 10.4. The van der Waals surface area contributed by atoms with Crippen LogP contribution in [0.15, 0.2) is 48.0 Å². The largest absolute Gasteiger partial charge is 0.481 e. The Hall–Kier alpha value is -2.40. The van der Waals surface area contributed by atoms with Crippen LogP contribution >= 0.6 is 11.3 Å². The number of nitrogens with zero attached hydrogens (tertiary/aromatic N) is 2. The summed E-state index contributed by atoms with van der Waals surface area (Å²) in [6.07, 6.45) is 1.72. The van der Waals surface area contributed by atoms with Crippen molar-refractivity contribution in [3.8, 4) is 17.1 Å². The van der Waals surface area contributed by atoms with Crippen LogP contribution in [-0.4, -0.2) is 17.1 Å². The van der Waals surface area contributed by atoms with E-state index in [0.29, 0.717) is 5.88 Å². The monoisotopic (exact) mass is 297 g/mol. The molecule has 3 rings (SSSR count). The molecule has 2 aromatic heterocycles. The fraction of sp³-hybridized carbons (Fsp3) is 0.125. The highest BCUT2D eigenvalue weighted by Crippen LogP contribution is 2.28. The lowest BCUT2D eigenvalue weighted by molar-refractivity contribution is 0.398. The Morgan fingerprint density at radius 3 is 2.90 bits per heavy atom. The smallest absolute Gasteiger partial charge is 0.213 e. The first kappa shape index (κ1) is 13.6. The van der Waals surface area contributed by atoms with E-state index < -0.39 is 0 Å². The minimum absolute atomic E-state index is 0.591. The van der Waals surface area contributed by atoms with Gasteiger partial charge in [0.05, 0.1) is 12.8 Å². The quantitative estimate of drug-likeness (QED) is 0.781. The molecule has 0 unspecified atom stereocenters. The number of hydrogen-bond acceptors (Lipinski definition) is 5. The molecule has 0 atom stereocenters. The van der Waals surface area contributed by atoms with Crippen LogP contribution in [0.4, 0.5) is 10.8 Å². The third-order valence-electron chi connectivity index (χ3n) is 3.01. The molecule has 0 fully saturated rings. The minimum atomic E-state index is 0.591. The number of nitrogens with one attached hydrogen (secondary N) is 1. The zero-order valence-electron chi connectivity index (χ0n) is 11.8. The molecule has 5 heteroatoms. The summed E-state index contributed by atoms with van der Waals surface area (Å²) in [5.74, 6) is 0.591. The number of ether oxygens (including phenoxy) is 1. The summed E-state index contributed by atoms with van der Waals surface area (Å²) in [4.78, 5) is 8.71. The van der Waals surface area contributed by atoms with Gasteiger partial charge in [-0.25, -0.2) is 9.97 Å². The number of hydrogen-bond donors (Lipinski definition) is 1. The summed E-state index contributed by atoms with van der Waals surface area (Å²) in [7, 11) is 1.61. The van der Waals surface area contributed by atoms with Gasteiger partial charge in [-0.1, -0.05) is 12.1 Å². The van der Waals surface area contributed by atoms with E-state index >= 15 is 0 Å². The summed E-state index contributed by atoms with van der Waals surface area (Å²) >= 11 is 1.58. The number of thiazole rings is 1. The SMILES string of the molecule is COc1cc(-c2csc(Nc3cccc(C)c3)n2)ccn1. The first-order valence-electron chi connectivity index (χ1n) is 6.54.